The molecule has 0 bridgehead atoms. The third-order valence-corrected chi connectivity index (χ3v) is 4.02. The average molecular weight is 374 g/mol. The number of pyridine rings is 3. The summed E-state index contributed by atoms with van der Waals surface area (Å²) >= 11 is 0. The zero-order valence-corrected chi connectivity index (χ0v) is 14.6. The molecule has 4 rings (SSSR count). The number of rotatable bonds is 5. The predicted octanol–water partition coefficient (Wildman–Crippen LogP) is 3.75. The molecule has 0 aliphatic heterocycles. The first-order valence-electron chi connectivity index (χ1n) is 8.39. The molecule has 28 heavy (non-hydrogen) atoms. The van der Waals surface area contributed by atoms with Crippen LogP contribution in [0.3, 0.4) is 0 Å². The maximum atomic E-state index is 14.4. The van der Waals surface area contributed by atoms with Gasteiger partial charge in [-0.1, -0.05) is 18.2 Å². The normalized spacial score (nSPS) is 10.6. The van der Waals surface area contributed by atoms with Crippen molar-refractivity contribution in [1.29, 1.82) is 0 Å². The molecule has 0 atom stereocenters. The van der Waals surface area contributed by atoms with Crippen LogP contribution in [0.1, 0.15) is 10.4 Å². The van der Waals surface area contributed by atoms with Crippen molar-refractivity contribution in [3.63, 3.8) is 0 Å². The minimum absolute atomic E-state index is 0.0609. The fraction of sp³-hybridized carbons (Fsp3) is 0. The number of nitrogens with one attached hydrogen (secondary N) is 2. The fourth-order valence-electron chi connectivity index (χ4n) is 2.71. The van der Waals surface area contributed by atoms with Gasteiger partial charge in [0.15, 0.2) is 11.6 Å². The summed E-state index contributed by atoms with van der Waals surface area (Å²) in [6.45, 7) is 0. The third kappa shape index (κ3) is 3.56. The zero-order chi connectivity index (χ0) is 19.5. The smallest absolute Gasteiger partial charge is 0.252 e. The molecular formula is C20H15FN6O. The number of benzene rings is 1. The molecule has 0 spiro atoms. The standard InChI is InChI=1S/C20H15FN6O/c21-16-9-15(18(22)28)19(27-20(16)25-13-5-3-7-23-10-13)26-14-8-12-4-1-2-6-17(12)24-11-14/h1-11H,(H2,22,28)(H2,25,26,27). The van der Waals surface area contributed by atoms with Crippen LogP contribution in [0.25, 0.3) is 10.9 Å². The van der Waals surface area contributed by atoms with Crippen LogP contribution in [0.2, 0.25) is 0 Å². The summed E-state index contributed by atoms with van der Waals surface area (Å²) in [5.41, 5.74) is 7.30. The van der Waals surface area contributed by atoms with E-state index < -0.39 is 11.7 Å². The molecule has 1 aromatic carbocycles. The molecule has 0 aliphatic carbocycles. The number of carbonyl (C=O) groups excluding carboxylic acids is 1. The van der Waals surface area contributed by atoms with Crippen LogP contribution in [-0.4, -0.2) is 20.9 Å². The minimum atomic E-state index is -0.796. The van der Waals surface area contributed by atoms with Gasteiger partial charge in [0.05, 0.1) is 34.8 Å². The number of hydrogen-bond acceptors (Lipinski definition) is 6. The SMILES string of the molecule is NC(=O)c1cc(F)c(Nc2cccnc2)nc1Nc1cnc2ccccc2c1. The molecule has 8 heteroatoms. The Morgan fingerprint density at radius 3 is 2.57 bits per heavy atom. The van der Waals surface area contributed by atoms with Gasteiger partial charge in [0.2, 0.25) is 0 Å². The highest BCUT2D eigenvalue weighted by Crippen LogP contribution is 2.26. The first-order valence-corrected chi connectivity index (χ1v) is 8.39. The molecule has 138 valence electrons. The molecule has 0 aliphatic rings. The van der Waals surface area contributed by atoms with Gasteiger partial charge >= 0.3 is 0 Å². The lowest BCUT2D eigenvalue weighted by Gasteiger charge is -2.13. The number of hydrogen-bond donors (Lipinski definition) is 3. The van der Waals surface area contributed by atoms with E-state index in [-0.39, 0.29) is 17.2 Å². The van der Waals surface area contributed by atoms with Crippen LogP contribution < -0.4 is 16.4 Å². The van der Waals surface area contributed by atoms with Crippen molar-refractivity contribution in [2.75, 3.05) is 10.6 Å². The van der Waals surface area contributed by atoms with Crippen molar-refractivity contribution in [2.45, 2.75) is 0 Å². The zero-order valence-electron chi connectivity index (χ0n) is 14.6. The largest absolute Gasteiger partial charge is 0.365 e. The van der Waals surface area contributed by atoms with Crippen molar-refractivity contribution < 1.29 is 9.18 Å². The summed E-state index contributed by atoms with van der Waals surface area (Å²) < 4.78 is 14.4. The van der Waals surface area contributed by atoms with Gasteiger partial charge in [0.1, 0.15) is 5.82 Å². The van der Waals surface area contributed by atoms with Crippen molar-refractivity contribution in [3.05, 3.63) is 78.5 Å². The van der Waals surface area contributed by atoms with Gasteiger partial charge in [-0.25, -0.2) is 9.37 Å². The van der Waals surface area contributed by atoms with Gasteiger partial charge in [0, 0.05) is 11.6 Å². The number of anilines is 4. The number of aromatic nitrogens is 3. The van der Waals surface area contributed by atoms with Crippen LogP contribution in [0.15, 0.2) is 67.1 Å². The first-order chi connectivity index (χ1) is 13.6. The molecule has 0 unspecified atom stereocenters. The summed E-state index contributed by atoms with van der Waals surface area (Å²) in [7, 11) is 0. The number of amides is 1. The maximum absolute atomic E-state index is 14.4. The molecule has 1 amide bonds. The molecule has 0 fully saturated rings. The molecule has 0 saturated carbocycles. The number of halogens is 1. The summed E-state index contributed by atoms with van der Waals surface area (Å²) in [4.78, 5) is 24.3. The maximum Gasteiger partial charge on any atom is 0.252 e. The molecule has 4 N–H and O–H groups in total. The molecule has 0 radical (unpaired) electrons. The summed E-state index contributed by atoms with van der Waals surface area (Å²) in [6.07, 6.45) is 4.74. The van der Waals surface area contributed by atoms with E-state index in [4.69, 9.17) is 5.73 Å². The van der Waals surface area contributed by atoms with E-state index in [0.717, 1.165) is 17.0 Å². The van der Waals surface area contributed by atoms with Crippen LogP contribution in [0.5, 0.6) is 0 Å². The number of nitrogens with zero attached hydrogens (tertiary/aromatic N) is 3. The quantitative estimate of drug-likeness (QED) is 0.491. The van der Waals surface area contributed by atoms with Crippen LogP contribution in [0, 0.1) is 5.82 Å². The molecule has 0 saturated heterocycles. The highest BCUT2D eigenvalue weighted by molar-refractivity contribution is 5.99. The Hall–Kier alpha value is -4.07. The van der Waals surface area contributed by atoms with Gasteiger partial charge in [0.25, 0.3) is 5.91 Å². The van der Waals surface area contributed by atoms with Gasteiger partial charge in [-0.3, -0.25) is 14.8 Å². The van der Waals surface area contributed by atoms with Gasteiger partial charge in [-0.2, -0.15) is 0 Å². The Kier molecular flexibility index (Phi) is 4.51. The third-order valence-electron chi connectivity index (χ3n) is 4.02. The average Bonchev–Trinajstić information content (AvgIpc) is 2.71. The van der Waals surface area contributed by atoms with Gasteiger partial charge < -0.3 is 16.4 Å². The second-order valence-electron chi connectivity index (χ2n) is 5.99. The summed E-state index contributed by atoms with van der Waals surface area (Å²) in [5, 5.41) is 6.75. The second-order valence-corrected chi connectivity index (χ2v) is 5.99. The number of primary amides is 1. The topological polar surface area (TPSA) is 106 Å². The van der Waals surface area contributed by atoms with E-state index in [0.29, 0.717) is 11.4 Å². The van der Waals surface area contributed by atoms with E-state index in [2.05, 4.69) is 25.6 Å². The van der Waals surface area contributed by atoms with Crippen molar-refractivity contribution in [3.8, 4) is 0 Å². The lowest BCUT2D eigenvalue weighted by Crippen LogP contribution is -2.16. The Bertz CT molecular complexity index is 1170. The lowest BCUT2D eigenvalue weighted by molar-refractivity contribution is 0.100. The lowest BCUT2D eigenvalue weighted by atomic mass is 10.2. The number of para-hydroxylation sites is 1. The predicted molar refractivity (Wildman–Crippen MR) is 105 cm³/mol. The Morgan fingerprint density at radius 2 is 1.79 bits per heavy atom. The van der Waals surface area contributed by atoms with E-state index >= 15 is 0 Å². The minimum Gasteiger partial charge on any atom is -0.365 e. The summed E-state index contributed by atoms with van der Waals surface area (Å²) in [5.74, 6) is -1.44. The van der Waals surface area contributed by atoms with E-state index in [1.165, 1.54) is 6.20 Å². The molecular weight excluding hydrogens is 359 g/mol. The number of carbonyl (C=O) groups is 1. The number of fused-ring (bicyclic) bond motifs is 1. The molecule has 4 aromatic rings. The number of nitrogens with two attached hydrogens (primary N) is 1. The van der Waals surface area contributed by atoms with Crippen molar-refractivity contribution >= 4 is 39.8 Å². The Balaban J connectivity index is 1.72. The first kappa shape index (κ1) is 17.3. The van der Waals surface area contributed by atoms with Crippen LogP contribution >= 0.6 is 0 Å². The van der Waals surface area contributed by atoms with E-state index in [1.807, 2.05) is 30.3 Å². The van der Waals surface area contributed by atoms with E-state index in [9.17, 15) is 9.18 Å². The summed E-state index contributed by atoms with van der Waals surface area (Å²) in [6, 6.07) is 13.9. The monoisotopic (exact) mass is 374 g/mol. The van der Waals surface area contributed by atoms with Crippen molar-refractivity contribution in [2.24, 2.45) is 5.73 Å². The molecule has 3 aromatic heterocycles. The Labute approximate surface area is 159 Å². The second kappa shape index (κ2) is 7.28. The van der Waals surface area contributed by atoms with Gasteiger partial charge in [-0.15, -0.1) is 0 Å². The molecule has 3 heterocycles. The van der Waals surface area contributed by atoms with E-state index in [1.54, 1.807) is 24.5 Å². The highest BCUT2D eigenvalue weighted by Gasteiger charge is 2.16. The van der Waals surface area contributed by atoms with Crippen LogP contribution in [0.4, 0.5) is 27.4 Å². The van der Waals surface area contributed by atoms with Crippen molar-refractivity contribution in [1.82, 2.24) is 15.0 Å². The molecule has 7 nitrogen and oxygen atoms in total. The Morgan fingerprint density at radius 1 is 0.964 bits per heavy atom. The fourth-order valence-corrected chi connectivity index (χ4v) is 2.71. The van der Waals surface area contributed by atoms with Crippen LogP contribution in [-0.2, 0) is 0 Å². The van der Waals surface area contributed by atoms with Gasteiger partial charge in [-0.05, 0) is 30.3 Å². The highest BCUT2D eigenvalue weighted by atomic mass is 19.1.